The number of carboxylic acids is 1. The maximum absolute atomic E-state index is 10.6. The first-order valence-electron chi connectivity index (χ1n) is 4.08. The summed E-state index contributed by atoms with van der Waals surface area (Å²) in [7, 11) is 0. The Morgan fingerprint density at radius 3 is 1.50 bits per heavy atom. The van der Waals surface area contributed by atoms with E-state index in [0.29, 0.717) is 12.1 Å². The second-order valence-corrected chi connectivity index (χ2v) is 2.92. The number of nitro benzene ring substituents is 3. The number of hydrogen-bond acceptors (Lipinski definition) is 8. The van der Waals surface area contributed by atoms with Crippen molar-refractivity contribution in [1.29, 1.82) is 0 Å². The van der Waals surface area contributed by atoms with Crippen molar-refractivity contribution in [2.24, 2.45) is 0 Å². The molecule has 1 aromatic carbocycles. The molecule has 0 unspecified atom stereocenters. The van der Waals surface area contributed by atoms with Gasteiger partial charge in [-0.25, -0.2) is 0 Å². The summed E-state index contributed by atoms with van der Waals surface area (Å²) >= 11 is 0. The first-order chi connectivity index (χ1) is 8.25. The Morgan fingerprint density at radius 2 is 1.28 bits per heavy atom. The van der Waals surface area contributed by atoms with Crippen molar-refractivity contribution in [3.8, 4) is 0 Å². The van der Waals surface area contributed by atoms with Crippen molar-refractivity contribution in [2.75, 3.05) is 0 Å². The SMILES string of the molecule is O=C([O-])c1c([N+](=O)[O-])cc([N+](=O)[O-])cc1[N+](=O)[O-]. The van der Waals surface area contributed by atoms with E-state index in [2.05, 4.69) is 0 Å². The van der Waals surface area contributed by atoms with Crippen LogP contribution >= 0.6 is 0 Å². The molecule has 0 atom stereocenters. The molecule has 0 radical (unpaired) electrons. The van der Waals surface area contributed by atoms with Crippen LogP contribution in [0.25, 0.3) is 0 Å². The third kappa shape index (κ3) is 2.18. The molecule has 0 aliphatic rings. The molecule has 0 heterocycles. The summed E-state index contributed by atoms with van der Waals surface area (Å²) < 4.78 is 0. The summed E-state index contributed by atoms with van der Waals surface area (Å²) in [6.45, 7) is 0. The van der Waals surface area contributed by atoms with Gasteiger partial charge in [-0.2, -0.15) is 0 Å². The van der Waals surface area contributed by atoms with Gasteiger partial charge in [-0.05, 0) is 0 Å². The van der Waals surface area contributed by atoms with Gasteiger partial charge in [0.2, 0.25) is 0 Å². The van der Waals surface area contributed by atoms with E-state index < -0.39 is 43.4 Å². The van der Waals surface area contributed by atoms with Gasteiger partial charge in [0.25, 0.3) is 17.1 Å². The van der Waals surface area contributed by atoms with Gasteiger partial charge in [0.05, 0.1) is 32.9 Å². The lowest BCUT2D eigenvalue weighted by molar-refractivity contribution is -0.404. The van der Waals surface area contributed by atoms with E-state index in [1.54, 1.807) is 0 Å². The Kier molecular flexibility index (Phi) is 3.17. The van der Waals surface area contributed by atoms with Gasteiger partial charge in [0.15, 0.2) is 5.56 Å². The summed E-state index contributed by atoms with van der Waals surface area (Å²) in [6.07, 6.45) is 0. The fourth-order valence-electron chi connectivity index (χ4n) is 1.20. The quantitative estimate of drug-likeness (QED) is 0.525. The summed E-state index contributed by atoms with van der Waals surface area (Å²) in [5.41, 5.74) is -4.80. The van der Waals surface area contributed by atoms with E-state index in [0.717, 1.165) is 0 Å². The maximum atomic E-state index is 10.6. The number of nitrogens with zero attached hydrogens (tertiary/aromatic N) is 3. The Balaban J connectivity index is 3.76. The number of rotatable bonds is 4. The lowest BCUT2D eigenvalue weighted by Gasteiger charge is -2.04. The number of aromatic carboxylic acids is 1. The molecule has 11 nitrogen and oxygen atoms in total. The Hall–Kier alpha value is -3.11. The van der Waals surface area contributed by atoms with E-state index in [9.17, 15) is 40.2 Å². The zero-order chi connectivity index (χ0) is 14.0. The second kappa shape index (κ2) is 4.40. The van der Waals surface area contributed by atoms with Crippen molar-refractivity contribution < 1.29 is 24.7 Å². The molecule has 1 rings (SSSR count). The predicted octanol–water partition coefficient (Wildman–Crippen LogP) is -0.225. The second-order valence-electron chi connectivity index (χ2n) is 2.92. The Morgan fingerprint density at radius 1 is 0.889 bits per heavy atom. The smallest absolute Gasteiger partial charge is 0.292 e. The minimum absolute atomic E-state index is 0.318. The van der Waals surface area contributed by atoms with Gasteiger partial charge in [0, 0.05) is 0 Å². The number of carbonyl (C=O) groups is 1. The minimum Gasteiger partial charge on any atom is -0.544 e. The molecule has 0 aliphatic carbocycles. The Bertz CT molecular complexity index is 545. The number of nitro groups is 3. The molecule has 11 heteroatoms. The van der Waals surface area contributed by atoms with Gasteiger partial charge < -0.3 is 9.90 Å². The lowest BCUT2D eigenvalue weighted by Crippen LogP contribution is -2.24. The van der Waals surface area contributed by atoms with E-state index in [-0.39, 0.29) is 0 Å². The van der Waals surface area contributed by atoms with Crippen LogP contribution < -0.4 is 5.11 Å². The van der Waals surface area contributed by atoms with Gasteiger partial charge >= 0.3 is 0 Å². The van der Waals surface area contributed by atoms with Gasteiger partial charge in [-0.3, -0.25) is 30.3 Å². The number of benzene rings is 1. The van der Waals surface area contributed by atoms with Gasteiger partial charge in [0.1, 0.15) is 0 Å². The summed E-state index contributed by atoms with van der Waals surface area (Å²) in [5.74, 6) is -2.16. The number of carboxylic acid groups (broad SMARTS) is 1. The standard InChI is InChI=1S/C7H3N3O8/c11-7(12)6-4(9(15)16)1-3(8(13)14)2-5(6)10(17)18/h1-2H,(H,11,12)/p-1. The normalized spacial score (nSPS) is 9.78. The van der Waals surface area contributed by atoms with Crippen LogP contribution in [0.15, 0.2) is 12.1 Å². The van der Waals surface area contributed by atoms with E-state index in [1.807, 2.05) is 0 Å². The van der Waals surface area contributed by atoms with E-state index in [4.69, 9.17) is 0 Å². The van der Waals surface area contributed by atoms with E-state index >= 15 is 0 Å². The van der Waals surface area contributed by atoms with Crippen molar-refractivity contribution in [3.63, 3.8) is 0 Å². The Labute approximate surface area is 96.7 Å². The average molecular weight is 256 g/mol. The van der Waals surface area contributed by atoms with Crippen LogP contribution in [0.3, 0.4) is 0 Å². The predicted molar refractivity (Wildman–Crippen MR) is 50.7 cm³/mol. The molecule has 0 bridgehead atoms. The van der Waals surface area contributed by atoms with Crippen LogP contribution in [0.1, 0.15) is 10.4 Å². The van der Waals surface area contributed by atoms with Crippen LogP contribution in [0.4, 0.5) is 17.1 Å². The zero-order valence-electron chi connectivity index (χ0n) is 8.26. The number of hydrogen-bond donors (Lipinski definition) is 0. The molecule has 0 N–H and O–H groups in total. The van der Waals surface area contributed by atoms with Crippen molar-refractivity contribution in [2.45, 2.75) is 0 Å². The van der Waals surface area contributed by atoms with E-state index in [1.165, 1.54) is 0 Å². The molecule has 0 aliphatic heterocycles. The highest BCUT2D eigenvalue weighted by Gasteiger charge is 2.30. The minimum atomic E-state index is -2.16. The molecule has 94 valence electrons. The van der Waals surface area contributed by atoms with Crippen LogP contribution in [0, 0.1) is 30.3 Å². The first-order valence-corrected chi connectivity index (χ1v) is 4.08. The largest absolute Gasteiger partial charge is 0.544 e. The summed E-state index contributed by atoms with van der Waals surface area (Å²) in [6, 6.07) is 0.635. The highest BCUT2D eigenvalue weighted by molar-refractivity contribution is 5.96. The fraction of sp³-hybridized carbons (Fsp3) is 0. The molecule has 18 heavy (non-hydrogen) atoms. The topological polar surface area (TPSA) is 170 Å². The molecule has 0 spiro atoms. The molecule has 0 saturated carbocycles. The van der Waals surface area contributed by atoms with Crippen molar-refractivity contribution in [3.05, 3.63) is 48.0 Å². The highest BCUT2D eigenvalue weighted by atomic mass is 16.6. The average Bonchev–Trinajstić information content (AvgIpc) is 2.26. The van der Waals surface area contributed by atoms with Crippen LogP contribution in [0.2, 0.25) is 0 Å². The van der Waals surface area contributed by atoms with Crippen molar-refractivity contribution >= 4 is 23.0 Å². The third-order valence-electron chi connectivity index (χ3n) is 1.89. The van der Waals surface area contributed by atoms with Crippen molar-refractivity contribution in [1.82, 2.24) is 0 Å². The molecule has 1 aromatic rings. The highest BCUT2D eigenvalue weighted by Crippen LogP contribution is 2.32. The van der Waals surface area contributed by atoms with Crippen LogP contribution in [-0.4, -0.2) is 20.7 Å². The van der Waals surface area contributed by atoms with Gasteiger partial charge in [-0.1, -0.05) is 0 Å². The molecule has 0 aromatic heterocycles. The zero-order valence-corrected chi connectivity index (χ0v) is 8.26. The summed E-state index contributed by atoms with van der Waals surface area (Å²) in [5, 5.41) is 42.2. The maximum Gasteiger partial charge on any atom is 0.292 e. The molecule has 0 fully saturated rings. The molecular weight excluding hydrogens is 254 g/mol. The fourth-order valence-corrected chi connectivity index (χ4v) is 1.20. The number of non-ortho nitro benzene ring substituents is 1. The van der Waals surface area contributed by atoms with Crippen LogP contribution in [0.5, 0.6) is 0 Å². The van der Waals surface area contributed by atoms with Crippen LogP contribution in [-0.2, 0) is 0 Å². The molecular formula is C7H2N3O8-. The van der Waals surface area contributed by atoms with Gasteiger partial charge in [-0.15, -0.1) is 0 Å². The molecule has 0 saturated heterocycles. The number of carbonyl (C=O) groups excluding carboxylic acids is 1. The summed E-state index contributed by atoms with van der Waals surface area (Å²) in [4.78, 5) is 38.5. The first kappa shape index (κ1) is 13.0. The third-order valence-corrected chi connectivity index (χ3v) is 1.89. The lowest BCUT2D eigenvalue weighted by atomic mass is 10.1. The molecule has 0 amide bonds. The monoisotopic (exact) mass is 256 g/mol.